The Hall–Kier alpha value is -1.53. The summed E-state index contributed by atoms with van der Waals surface area (Å²) in [5.74, 6) is 1.37. The van der Waals surface area contributed by atoms with Crippen LogP contribution < -0.4 is 4.74 Å². The quantitative estimate of drug-likeness (QED) is 0.811. The third-order valence-electron chi connectivity index (χ3n) is 2.88. The molecule has 1 atom stereocenters. The van der Waals surface area contributed by atoms with Crippen LogP contribution in [-0.4, -0.2) is 48.1 Å². The molecule has 1 aliphatic rings. The van der Waals surface area contributed by atoms with Gasteiger partial charge < -0.3 is 14.6 Å². The second-order valence-electron chi connectivity index (χ2n) is 4.39. The van der Waals surface area contributed by atoms with E-state index >= 15 is 0 Å². The summed E-state index contributed by atoms with van der Waals surface area (Å²) >= 11 is 1.48. The number of rotatable bonds is 6. The second kappa shape index (κ2) is 6.76. The lowest BCUT2D eigenvalue weighted by Crippen LogP contribution is -2.14. The Bertz CT molecular complexity index is 530. The molecule has 0 aromatic heterocycles. The van der Waals surface area contributed by atoms with E-state index in [9.17, 15) is 9.90 Å². The Morgan fingerprint density at radius 2 is 2.30 bits per heavy atom. The minimum atomic E-state index is -0.299. The van der Waals surface area contributed by atoms with Crippen LogP contribution in [0.15, 0.2) is 23.2 Å². The van der Waals surface area contributed by atoms with E-state index < -0.39 is 0 Å². The highest BCUT2D eigenvalue weighted by Crippen LogP contribution is 2.31. The van der Waals surface area contributed by atoms with Crippen LogP contribution >= 0.6 is 11.8 Å². The van der Waals surface area contributed by atoms with Crippen molar-refractivity contribution >= 4 is 22.6 Å². The third-order valence-corrected chi connectivity index (χ3v) is 3.96. The molecule has 0 unspecified atom stereocenters. The summed E-state index contributed by atoms with van der Waals surface area (Å²) in [7, 11) is 1.60. The van der Waals surface area contributed by atoms with Crippen molar-refractivity contribution in [2.45, 2.75) is 13.0 Å². The molecule has 0 spiro atoms. The number of benzene rings is 1. The summed E-state index contributed by atoms with van der Waals surface area (Å²) in [6, 6.07) is 4.78. The van der Waals surface area contributed by atoms with Gasteiger partial charge in [-0.1, -0.05) is 0 Å². The van der Waals surface area contributed by atoms with Crippen molar-refractivity contribution in [2.75, 3.05) is 26.1 Å². The van der Waals surface area contributed by atoms with E-state index in [4.69, 9.17) is 9.47 Å². The molecule has 0 amide bonds. The Labute approximate surface area is 122 Å². The Morgan fingerprint density at radius 3 is 2.90 bits per heavy atom. The van der Waals surface area contributed by atoms with Gasteiger partial charge in [0.2, 0.25) is 0 Å². The highest BCUT2D eigenvalue weighted by molar-refractivity contribution is 8.14. The van der Waals surface area contributed by atoms with Gasteiger partial charge in [-0.25, -0.2) is 0 Å². The zero-order chi connectivity index (χ0) is 14.5. The summed E-state index contributed by atoms with van der Waals surface area (Å²) in [4.78, 5) is 15.6. The Kier molecular flexibility index (Phi) is 5.03. The fraction of sp³-hybridized carbons (Fsp3) is 0.429. The molecule has 0 radical (unpaired) electrons. The van der Waals surface area contributed by atoms with Crippen molar-refractivity contribution in [3.05, 3.63) is 23.8 Å². The molecule has 108 valence electrons. The van der Waals surface area contributed by atoms with Gasteiger partial charge in [0.15, 0.2) is 5.78 Å². The molecule has 6 heteroatoms. The monoisotopic (exact) mass is 295 g/mol. The standard InChI is InChI=1S/C14H17NO4S/c1-9(16)12-8-20-14(15-12)11-4-3-10(7-13(11)17)19-6-5-18-2/h3-4,7,12,17H,5-6,8H2,1-2H3/t12-/m1/s1. The lowest BCUT2D eigenvalue weighted by atomic mass is 10.2. The number of aliphatic imine (C=N–C) groups is 1. The van der Waals surface area contributed by atoms with Crippen LogP contribution in [0, 0.1) is 0 Å². The molecule has 1 aromatic rings. The van der Waals surface area contributed by atoms with Crippen LogP contribution in [0.5, 0.6) is 11.5 Å². The van der Waals surface area contributed by atoms with Gasteiger partial charge in [-0.3, -0.25) is 9.79 Å². The third kappa shape index (κ3) is 3.52. The summed E-state index contributed by atoms with van der Waals surface area (Å²) in [5.41, 5.74) is 0.637. The SMILES string of the molecule is COCCOc1ccc(C2=N[C@@H](C(C)=O)CS2)c(O)c1. The maximum absolute atomic E-state index is 11.3. The number of hydrogen-bond donors (Lipinski definition) is 1. The van der Waals surface area contributed by atoms with Gasteiger partial charge in [-0.15, -0.1) is 11.8 Å². The maximum atomic E-state index is 11.3. The molecule has 0 aliphatic carbocycles. The number of methoxy groups -OCH3 is 1. The summed E-state index contributed by atoms with van der Waals surface area (Å²) in [5, 5.41) is 10.7. The van der Waals surface area contributed by atoms with E-state index in [1.807, 2.05) is 0 Å². The first-order valence-electron chi connectivity index (χ1n) is 6.28. The van der Waals surface area contributed by atoms with Gasteiger partial charge >= 0.3 is 0 Å². The number of thioether (sulfide) groups is 1. The van der Waals surface area contributed by atoms with E-state index in [1.54, 1.807) is 25.3 Å². The zero-order valence-corrected chi connectivity index (χ0v) is 12.3. The molecular formula is C14H17NO4S. The number of ketones is 1. The molecule has 1 aromatic carbocycles. The van der Waals surface area contributed by atoms with Crippen LogP contribution in [0.1, 0.15) is 12.5 Å². The average molecular weight is 295 g/mol. The van der Waals surface area contributed by atoms with Crippen LogP contribution in [0.2, 0.25) is 0 Å². The van der Waals surface area contributed by atoms with Crippen LogP contribution in [0.25, 0.3) is 0 Å². The van der Waals surface area contributed by atoms with Crippen molar-refractivity contribution in [3.8, 4) is 11.5 Å². The van der Waals surface area contributed by atoms with E-state index in [0.29, 0.717) is 35.3 Å². The molecule has 1 heterocycles. The fourth-order valence-electron chi connectivity index (χ4n) is 1.75. The number of carbonyl (C=O) groups excluding carboxylic acids is 1. The maximum Gasteiger partial charge on any atom is 0.155 e. The highest BCUT2D eigenvalue weighted by Gasteiger charge is 2.24. The molecular weight excluding hydrogens is 278 g/mol. The van der Waals surface area contributed by atoms with Gasteiger partial charge in [0.1, 0.15) is 29.2 Å². The summed E-state index contributed by atoms with van der Waals surface area (Å²) in [6.07, 6.45) is 0. The molecule has 0 saturated carbocycles. The lowest BCUT2D eigenvalue weighted by Gasteiger charge is -2.08. The molecule has 1 N–H and O–H groups in total. The minimum absolute atomic E-state index is 0.0477. The first-order chi connectivity index (χ1) is 9.61. The number of phenols is 1. The van der Waals surface area contributed by atoms with Crippen molar-refractivity contribution in [1.29, 1.82) is 0 Å². The lowest BCUT2D eigenvalue weighted by molar-refractivity contribution is -0.117. The van der Waals surface area contributed by atoms with Gasteiger partial charge in [-0.05, 0) is 19.1 Å². The Morgan fingerprint density at radius 1 is 1.50 bits per heavy atom. The van der Waals surface area contributed by atoms with Crippen LogP contribution in [-0.2, 0) is 9.53 Å². The number of nitrogens with zero attached hydrogens (tertiary/aromatic N) is 1. The van der Waals surface area contributed by atoms with Crippen LogP contribution in [0.3, 0.4) is 0 Å². The Balaban J connectivity index is 2.10. The van der Waals surface area contributed by atoms with Gasteiger partial charge in [0.25, 0.3) is 0 Å². The first kappa shape index (κ1) is 14.9. The molecule has 0 saturated heterocycles. The topological polar surface area (TPSA) is 68.1 Å². The number of aromatic hydroxyl groups is 1. The highest BCUT2D eigenvalue weighted by atomic mass is 32.2. The number of carbonyl (C=O) groups is 1. The predicted molar refractivity (Wildman–Crippen MR) is 78.9 cm³/mol. The molecule has 2 rings (SSSR count). The van der Waals surface area contributed by atoms with E-state index in [-0.39, 0.29) is 17.6 Å². The molecule has 0 bridgehead atoms. The predicted octanol–water partition coefficient (Wildman–Crippen LogP) is 1.87. The number of Topliss-reactive ketones (excluding diaryl/α,β-unsaturated/α-hetero) is 1. The van der Waals surface area contributed by atoms with E-state index in [0.717, 1.165) is 0 Å². The van der Waals surface area contributed by atoms with Gasteiger partial charge in [0, 0.05) is 24.5 Å². The van der Waals surface area contributed by atoms with E-state index in [2.05, 4.69) is 4.99 Å². The first-order valence-corrected chi connectivity index (χ1v) is 7.26. The van der Waals surface area contributed by atoms with Crippen molar-refractivity contribution < 1.29 is 19.4 Å². The molecule has 5 nitrogen and oxygen atoms in total. The van der Waals surface area contributed by atoms with Crippen molar-refractivity contribution in [1.82, 2.24) is 0 Å². The largest absolute Gasteiger partial charge is 0.507 e. The molecule has 0 fully saturated rings. The smallest absolute Gasteiger partial charge is 0.155 e. The van der Waals surface area contributed by atoms with Crippen molar-refractivity contribution in [3.63, 3.8) is 0 Å². The molecule has 20 heavy (non-hydrogen) atoms. The second-order valence-corrected chi connectivity index (χ2v) is 5.40. The average Bonchev–Trinajstić information content (AvgIpc) is 2.89. The normalized spacial score (nSPS) is 17.9. The summed E-state index contributed by atoms with van der Waals surface area (Å²) < 4.78 is 10.3. The fourth-order valence-corrected chi connectivity index (χ4v) is 2.91. The summed E-state index contributed by atoms with van der Waals surface area (Å²) in [6.45, 7) is 2.45. The number of phenolic OH excluding ortho intramolecular Hbond substituents is 1. The number of ether oxygens (including phenoxy) is 2. The zero-order valence-electron chi connectivity index (χ0n) is 11.5. The van der Waals surface area contributed by atoms with Crippen LogP contribution in [0.4, 0.5) is 0 Å². The van der Waals surface area contributed by atoms with Gasteiger partial charge in [0.05, 0.1) is 6.61 Å². The minimum Gasteiger partial charge on any atom is -0.507 e. The van der Waals surface area contributed by atoms with Gasteiger partial charge in [-0.2, -0.15) is 0 Å². The molecule has 1 aliphatic heterocycles. The van der Waals surface area contributed by atoms with E-state index in [1.165, 1.54) is 18.7 Å². The number of hydrogen-bond acceptors (Lipinski definition) is 6. The van der Waals surface area contributed by atoms with Crippen molar-refractivity contribution in [2.24, 2.45) is 4.99 Å².